The van der Waals surface area contributed by atoms with Crippen LogP contribution in [0.2, 0.25) is 0 Å². The van der Waals surface area contributed by atoms with Crippen LogP contribution in [0, 0.1) is 5.92 Å². The first-order chi connectivity index (χ1) is 19.3. The number of nitrogens with zero attached hydrogens (tertiary/aromatic N) is 3. The standard InChI is InChI=1S/C28H34N3O9P/c1-28(2,3)40-41(35,36)39-17-31-16-20(22-21(37-4)15-29-26(38-5)23(22)31)25(33)27(34)30-13-11-19(12-14-30)24(32)18-9-7-6-8-10-18/h6-10,15-16,19H,11-14,17H2,1-5H3,(H,35,36). The number of ether oxygens (including phenoxy) is 2. The van der Waals surface area contributed by atoms with Crippen molar-refractivity contribution in [2.24, 2.45) is 5.92 Å². The number of hydrogen-bond donors (Lipinski definition) is 1. The van der Waals surface area contributed by atoms with E-state index in [9.17, 15) is 23.8 Å². The van der Waals surface area contributed by atoms with Crippen molar-refractivity contribution in [1.29, 1.82) is 0 Å². The number of phosphoric ester groups is 1. The highest BCUT2D eigenvalue weighted by atomic mass is 31.2. The Hall–Kier alpha value is -3.57. The van der Waals surface area contributed by atoms with Crippen molar-refractivity contribution in [2.75, 3.05) is 27.3 Å². The predicted molar refractivity (Wildman–Crippen MR) is 149 cm³/mol. The van der Waals surface area contributed by atoms with Crippen LogP contribution in [0.25, 0.3) is 10.9 Å². The number of piperidine rings is 1. The lowest BCUT2D eigenvalue weighted by molar-refractivity contribution is -0.127. The van der Waals surface area contributed by atoms with E-state index < -0.39 is 31.8 Å². The molecule has 12 nitrogen and oxygen atoms in total. The van der Waals surface area contributed by atoms with Crippen LogP contribution in [0.15, 0.2) is 42.7 Å². The van der Waals surface area contributed by atoms with Crippen molar-refractivity contribution in [3.8, 4) is 11.6 Å². The van der Waals surface area contributed by atoms with Crippen molar-refractivity contribution in [3.63, 3.8) is 0 Å². The van der Waals surface area contributed by atoms with Crippen LogP contribution in [-0.4, -0.2) is 69.7 Å². The van der Waals surface area contributed by atoms with Gasteiger partial charge in [-0.1, -0.05) is 30.3 Å². The summed E-state index contributed by atoms with van der Waals surface area (Å²) >= 11 is 0. The molecule has 1 unspecified atom stereocenters. The average molecular weight is 588 g/mol. The number of methoxy groups -OCH3 is 2. The summed E-state index contributed by atoms with van der Waals surface area (Å²) < 4.78 is 35.0. The first-order valence-corrected chi connectivity index (χ1v) is 14.6. The number of pyridine rings is 1. The predicted octanol–water partition coefficient (Wildman–Crippen LogP) is 4.25. The Morgan fingerprint density at radius 2 is 1.73 bits per heavy atom. The molecule has 220 valence electrons. The van der Waals surface area contributed by atoms with Crippen LogP contribution in [0.3, 0.4) is 0 Å². The van der Waals surface area contributed by atoms with Gasteiger partial charge in [0.25, 0.3) is 11.7 Å². The van der Waals surface area contributed by atoms with Gasteiger partial charge in [-0.25, -0.2) is 9.55 Å². The molecule has 1 fully saturated rings. The molecule has 0 spiro atoms. The van der Waals surface area contributed by atoms with Gasteiger partial charge in [0, 0.05) is 30.8 Å². The molecular weight excluding hydrogens is 553 g/mol. The highest BCUT2D eigenvalue weighted by Crippen LogP contribution is 2.48. The molecule has 0 radical (unpaired) electrons. The largest absolute Gasteiger partial charge is 0.494 e. The average Bonchev–Trinajstić information content (AvgIpc) is 3.34. The fourth-order valence-electron chi connectivity index (χ4n) is 4.81. The van der Waals surface area contributed by atoms with Gasteiger partial charge in [0.15, 0.2) is 5.78 Å². The van der Waals surface area contributed by atoms with Crippen LogP contribution in [0.5, 0.6) is 11.6 Å². The highest BCUT2D eigenvalue weighted by molar-refractivity contribution is 7.47. The molecule has 3 aromatic rings. The van der Waals surface area contributed by atoms with E-state index in [0.29, 0.717) is 18.4 Å². The van der Waals surface area contributed by atoms with Gasteiger partial charge in [0.05, 0.1) is 37.0 Å². The molecular formula is C28H34N3O9P. The Labute approximate surface area is 237 Å². The van der Waals surface area contributed by atoms with Gasteiger partial charge in [-0.3, -0.25) is 23.4 Å². The summed E-state index contributed by atoms with van der Waals surface area (Å²) in [7, 11) is -1.73. The van der Waals surface area contributed by atoms with Crippen LogP contribution >= 0.6 is 7.82 Å². The van der Waals surface area contributed by atoms with Crippen molar-refractivity contribution in [2.45, 2.75) is 45.9 Å². The van der Waals surface area contributed by atoms with Crippen LogP contribution < -0.4 is 9.47 Å². The molecule has 2 aromatic heterocycles. The van der Waals surface area contributed by atoms with Gasteiger partial charge >= 0.3 is 7.82 Å². The molecule has 1 atom stereocenters. The van der Waals surface area contributed by atoms with Crippen molar-refractivity contribution in [3.05, 3.63) is 53.9 Å². The van der Waals surface area contributed by atoms with Gasteiger partial charge in [-0.15, -0.1) is 0 Å². The lowest BCUT2D eigenvalue weighted by atomic mass is 9.88. The topological polar surface area (TPSA) is 146 Å². The second kappa shape index (κ2) is 12.1. The Bertz CT molecular complexity index is 1490. The first kappa shape index (κ1) is 30.4. The van der Waals surface area contributed by atoms with Crippen LogP contribution in [-0.2, 0) is 25.1 Å². The first-order valence-electron chi connectivity index (χ1n) is 13.1. The number of phosphoric acid groups is 1. The summed E-state index contributed by atoms with van der Waals surface area (Å²) in [5.41, 5.74) is -0.125. The second-order valence-corrected chi connectivity index (χ2v) is 12.0. The number of fused-ring (bicyclic) bond motifs is 1. The maximum absolute atomic E-state index is 13.6. The second-order valence-electron chi connectivity index (χ2n) is 10.6. The van der Waals surface area contributed by atoms with E-state index in [1.54, 1.807) is 32.9 Å². The van der Waals surface area contributed by atoms with Crippen LogP contribution in [0.1, 0.15) is 54.3 Å². The molecule has 41 heavy (non-hydrogen) atoms. The third kappa shape index (κ3) is 6.84. The maximum Gasteiger partial charge on any atom is 0.474 e. The van der Waals surface area contributed by atoms with E-state index in [0.717, 1.165) is 0 Å². The smallest absolute Gasteiger partial charge is 0.474 e. The summed E-state index contributed by atoms with van der Waals surface area (Å²) in [5.74, 6) is -1.49. The van der Waals surface area contributed by atoms with E-state index in [4.69, 9.17) is 18.5 Å². The van der Waals surface area contributed by atoms with Gasteiger partial charge in [0.1, 0.15) is 18.0 Å². The molecule has 1 amide bonds. The van der Waals surface area contributed by atoms with Crippen molar-refractivity contribution < 1.29 is 42.4 Å². The zero-order valence-electron chi connectivity index (χ0n) is 23.7. The monoisotopic (exact) mass is 587 g/mol. The lowest BCUT2D eigenvalue weighted by Gasteiger charge is -2.30. The van der Waals surface area contributed by atoms with Gasteiger partial charge in [-0.05, 0) is 33.6 Å². The summed E-state index contributed by atoms with van der Waals surface area (Å²) in [6.07, 6.45) is 3.56. The zero-order chi connectivity index (χ0) is 29.9. The SMILES string of the molecule is COc1cnc(OC)c2c1c(C(=O)C(=O)N1CCC(C(=O)c3ccccc3)CC1)cn2COP(=O)(O)OC(C)(C)C. The number of carbonyl (C=O) groups is 3. The third-order valence-corrected chi connectivity index (χ3v) is 7.86. The van der Waals surface area contributed by atoms with E-state index in [1.165, 1.54) is 36.1 Å². The number of Topliss-reactive ketones (excluding diaryl/α,β-unsaturated/α-hetero) is 2. The number of likely N-dealkylation sites (tertiary alicyclic amines) is 1. The molecule has 3 heterocycles. The summed E-state index contributed by atoms with van der Waals surface area (Å²) in [5, 5.41) is 0.236. The minimum atomic E-state index is -4.49. The zero-order valence-corrected chi connectivity index (χ0v) is 24.6. The van der Waals surface area contributed by atoms with Crippen LogP contribution in [0.4, 0.5) is 0 Å². The summed E-state index contributed by atoms with van der Waals surface area (Å²) in [6.45, 7) is 4.78. The fourth-order valence-corrected chi connectivity index (χ4v) is 5.82. The molecule has 4 rings (SSSR count). The Kier molecular flexibility index (Phi) is 8.98. The van der Waals surface area contributed by atoms with E-state index in [1.807, 2.05) is 18.2 Å². The minimum absolute atomic E-state index is 0.0156. The molecule has 0 saturated carbocycles. The third-order valence-electron chi connectivity index (χ3n) is 6.64. The van der Waals surface area contributed by atoms with Gasteiger partial charge in [-0.2, -0.15) is 0 Å². The summed E-state index contributed by atoms with van der Waals surface area (Å²) in [4.78, 5) is 55.7. The number of benzene rings is 1. The van der Waals surface area contributed by atoms with Gasteiger partial charge < -0.3 is 23.8 Å². The Morgan fingerprint density at radius 3 is 2.32 bits per heavy atom. The quantitative estimate of drug-likeness (QED) is 0.207. The number of rotatable bonds is 10. The fraction of sp³-hybridized carbons (Fsp3) is 0.429. The molecule has 1 aliphatic heterocycles. The van der Waals surface area contributed by atoms with Gasteiger partial charge in [0.2, 0.25) is 5.88 Å². The molecule has 1 aromatic carbocycles. The number of amides is 1. The molecule has 0 bridgehead atoms. The highest BCUT2D eigenvalue weighted by Gasteiger charge is 2.34. The van der Waals surface area contributed by atoms with Crippen molar-refractivity contribution in [1.82, 2.24) is 14.5 Å². The Morgan fingerprint density at radius 1 is 1.07 bits per heavy atom. The molecule has 1 N–H and O–H groups in total. The van der Waals surface area contributed by atoms with E-state index in [2.05, 4.69) is 4.98 Å². The summed E-state index contributed by atoms with van der Waals surface area (Å²) in [6, 6.07) is 8.99. The van der Waals surface area contributed by atoms with E-state index in [-0.39, 0.29) is 52.9 Å². The lowest BCUT2D eigenvalue weighted by Crippen LogP contribution is -2.43. The number of aromatic nitrogens is 2. The molecule has 1 saturated heterocycles. The maximum atomic E-state index is 13.6. The molecule has 1 aliphatic rings. The normalized spacial score (nSPS) is 15.9. The number of ketones is 2. The van der Waals surface area contributed by atoms with Crippen molar-refractivity contribution >= 4 is 36.2 Å². The number of hydrogen-bond acceptors (Lipinski definition) is 9. The minimum Gasteiger partial charge on any atom is -0.494 e. The van der Waals surface area contributed by atoms with E-state index >= 15 is 0 Å². The molecule has 13 heteroatoms. The number of carbonyl (C=O) groups excluding carboxylic acids is 3. The Balaban J connectivity index is 1.59. The molecule has 0 aliphatic carbocycles.